The third-order valence-corrected chi connectivity index (χ3v) is 4.81. The van der Waals surface area contributed by atoms with Gasteiger partial charge in [0.25, 0.3) is 5.91 Å². The molecule has 6 nitrogen and oxygen atoms in total. The molecule has 1 aromatic carbocycles. The number of fused-ring (bicyclic) bond motifs is 1. The molecule has 1 saturated heterocycles. The van der Waals surface area contributed by atoms with Gasteiger partial charge in [-0.05, 0) is 43.2 Å². The summed E-state index contributed by atoms with van der Waals surface area (Å²) in [5.74, 6) is -1.38. The maximum absolute atomic E-state index is 13.2. The van der Waals surface area contributed by atoms with Gasteiger partial charge in [0.2, 0.25) is 5.82 Å². The molecule has 1 atom stereocenters. The van der Waals surface area contributed by atoms with Gasteiger partial charge in [-0.2, -0.15) is 13.2 Å². The minimum Gasteiger partial charge on any atom is -0.376 e. The van der Waals surface area contributed by atoms with Gasteiger partial charge in [-0.1, -0.05) is 6.07 Å². The van der Waals surface area contributed by atoms with Crippen molar-refractivity contribution in [3.8, 4) is 0 Å². The second kappa shape index (κ2) is 7.82. The van der Waals surface area contributed by atoms with E-state index in [1.165, 1.54) is 18.2 Å². The van der Waals surface area contributed by atoms with Crippen LogP contribution in [-0.4, -0.2) is 45.0 Å². The molecule has 0 bridgehead atoms. The van der Waals surface area contributed by atoms with Crippen molar-refractivity contribution in [2.45, 2.75) is 31.7 Å². The molecule has 9 heteroatoms. The van der Waals surface area contributed by atoms with E-state index in [0.717, 1.165) is 18.5 Å². The Hall–Kier alpha value is -2.94. The van der Waals surface area contributed by atoms with Crippen molar-refractivity contribution in [1.29, 1.82) is 0 Å². The molecule has 1 unspecified atom stereocenters. The quantitative estimate of drug-likeness (QED) is 0.702. The molecular weight excluding hydrogens is 385 g/mol. The Morgan fingerprint density at radius 2 is 2.14 bits per heavy atom. The van der Waals surface area contributed by atoms with Crippen LogP contribution in [0.25, 0.3) is 11.0 Å². The fourth-order valence-electron chi connectivity index (χ4n) is 3.40. The number of H-pyrrole nitrogens is 1. The molecule has 0 spiro atoms. The van der Waals surface area contributed by atoms with Gasteiger partial charge in [0.1, 0.15) is 0 Å². The number of nitrogens with one attached hydrogen (secondary N) is 1. The summed E-state index contributed by atoms with van der Waals surface area (Å²) in [6.07, 6.45) is -1.18. The predicted molar refractivity (Wildman–Crippen MR) is 99.0 cm³/mol. The van der Waals surface area contributed by atoms with Gasteiger partial charge in [-0.3, -0.25) is 9.78 Å². The second-order valence-electron chi connectivity index (χ2n) is 6.96. The molecule has 1 aliphatic heterocycles. The largest absolute Gasteiger partial charge is 0.449 e. The predicted octanol–water partition coefficient (Wildman–Crippen LogP) is 3.80. The first-order valence-corrected chi connectivity index (χ1v) is 9.28. The fraction of sp³-hybridized carbons (Fsp3) is 0.350. The molecule has 4 rings (SSSR count). The highest BCUT2D eigenvalue weighted by Gasteiger charge is 2.35. The molecule has 152 valence electrons. The summed E-state index contributed by atoms with van der Waals surface area (Å²) in [5, 5.41) is 0. The van der Waals surface area contributed by atoms with Crippen LogP contribution in [0.15, 0.2) is 42.6 Å². The van der Waals surface area contributed by atoms with Crippen LogP contribution in [0.4, 0.5) is 13.2 Å². The first kappa shape index (κ1) is 19.4. The van der Waals surface area contributed by atoms with Crippen LogP contribution in [0.2, 0.25) is 0 Å². The molecule has 1 aliphatic rings. The van der Waals surface area contributed by atoms with E-state index in [2.05, 4.69) is 15.0 Å². The van der Waals surface area contributed by atoms with Crippen LogP contribution in [0, 0.1) is 0 Å². The van der Waals surface area contributed by atoms with Gasteiger partial charge in [-0.25, -0.2) is 4.98 Å². The Labute approximate surface area is 164 Å². The van der Waals surface area contributed by atoms with Crippen LogP contribution in [0.5, 0.6) is 0 Å². The lowest BCUT2D eigenvalue weighted by Gasteiger charge is -2.25. The molecule has 3 heterocycles. The lowest BCUT2D eigenvalue weighted by atomic mass is 10.1. The summed E-state index contributed by atoms with van der Waals surface area (Å²) in [7, 11) is 0. The zero-order valence-corrected chi connectivity index (χ0v) is 15.4. The average Bonchev–Trinajstić information content (AvgIpc) is 3.36. The number of nitrogens with zero attached hydrogens (tertiary/aromatic N) is 3. The van der Waals surface area contributed by atoms with E-state index in [9.17, 15) is 18.0 Å². The Morgan fingerprint density at radius 3 is 2.83 bits per heavy atom. The van der Waals surface area contributed by atoms with Gasteiger partial charge in [-0.15, -0.1) is 0 Å². The maximum atomic E-state index is 13.2. The Morgan fingerprint density at radius 1 is 1.28 bits per heavy atom. The highest BCUT2D eigenvalue weighted by molar-refractivity contribution is 5.97. The van der Waals surface area contributed by atoms with Crippen molar-refractivity contribution in [1.82, 2.24) is 19.9 Å². The summed E-state index contributed by atoms with van der Waals surface area (Å²) in [6.45, 7) is 1.34. The van der Waals surface area contributed by atoms with E-state index in [0.29, 0.717) is 13.2 Å². The van der Waals surface area contributed by atoms with Crippen LogP contribution < -0.4 is 0 Å². The first-order chi connectivity index (χ1) is 13.9. The molecule has 2 aromatic heterocycles. The summed E-state index contributed by atoms with van der Waals surface area (Å²) in [5.41, 5.74) is 1.33. The maximum Gasteiger partial charge on any atom is 0.449 e. The van der Waals surface area contributed by atoms with E-state index in [-0.39, 0.29) is 35.2 Å². The van der Waals surface area contributed by atoms with Gasteiger partial charge >= 0.3 is 6.18 Å². The molecule has 0 radical (unpaired) electrons. The zero-order chi connectivity index (χ0) is 20.4. The van der Waals surface area contributed by atoms with Crippen molar-refractivity contribution in [3.63, 3.8) is 0 Å². The number of alkyl halides is 3. The molecule has 0 aliphatic carbocycles. The van der Waals surface area contributed by atoms with Crippen LogP contribution in [-0.2, 0) is 17.5 Å². The zero-order valence-electron chi connectivity index (χ0n) is 15.4. The summed E-state index contributed by atoms with van der Waals surface area (Å²) in [4.78, 5) is 24.9. The number of carbonyl (C=O) groups is 1. The molecule has 29 heavy (non-hydrogen) atoms. The van der Waals surface area contributed by atoms with E-state index in [1.807, 2.05) is 12.1 Å². The minimum atomic E-state index is -4.58. The van der Waals surface area contributed by atoms with Crippen LogP contribution in [0.1, 0.15) is 34.7 Å². The average molecular weight is 404 g/mol. The molecule has 1 N–H and O–H groups in total. The van der Waals surface area contributed by atoms with E-state index < -0.39 is 12.0 Å². The third-order valence-electron chi connectivity index (χ3n) is 4.81. The first-order valence-electron chi connectivity index (χ1n) is 9.28. The number of imidazole rings is 1. The number of hydrogen-bond donors (Lipinski definition) is 1. The standard InChI is InChI=1S/C20H19F3N4O2/c21-20(22,23)19-25-16-7-6-13(10-17(16)26-19)18(28)27(12-15-5-3-9-29-15)11-14-4-1-2-8-24-14/h1-2,4,6-8,10,15H,3,5,9,11-12H2,(H,25,26). The minimum absolute atomic E-state index is 0.0598. The highest BCUT2D eigenvalue weighted by Crippen LogP contribution is 2.29. The number of ether oxygens (including phenoxy) is 1. The summed E-state index contributed by atoms with van der Waals surface area (Å²) >= 11 is 0. The number of hydrogen-bond acceptors (Lipinski definition) is 4. The van der Waals surface area contributed by atoms with Crippen molar-refractivity contribution in [2.24, 2.45) is 0 Å². The molecule has 1 amide bonds. The number of benzene rings is 1. The van der Waals surface area contributed by atoms with Gasteiger partial charge in [0, 0.05) is 24.9 Å². The fourth-order valence-corrected chi connectivity index (χ4v) is 3.40. The highest BCUT2D eigenvalue weighted by atomic mass is 19.4. The van der Waals surface area contributed by atoms with E-state index >= 15 is 0 Å². The monoisotopic (exact) mass is 404 g/mol. The van der Waals surface area contributed by atoms with Crippen molar-refractivity contribution < 1.29 is 22.7 Å². The number of amides is 1. The van der Waals surface area contributed by atoms with Crippen LogP contribution >= 0.6 is 0 Å². The molecule has 1 fully saturated rings. The lowest BCUT2D eigenvalue weighted by Crippen LogP contribution is -2.37. The number of pyridine rings is 1. The lowest BCUT2D eigenvalue weighted by molar-refractivity contribution is -0.144. The Balaban J connectivity index is 1.61. The number of aromatic amines is 1. The SMILES string of the molecule is O=C(c1ccc2nc(C(F)(F)F)[nH]c2c1)N(Cc1ccccn1)CC1CCCO1. The number of rotatable bonds is 5. The van der Waals surface area contributed by atoms with Gasteiger partial charge < -0.3 is 14.6 Å². The Kier molecular flexibility index (Phi) is 5.23. The normalized spacial score (nSPS) is 17.0. The molecular formula is C20H19F3N4O2. The molecule has 0 saturated carbocycles. The third kappa shape index (κ3) is 4.40. The molecule has 3 aromatic rings. The number of halogens is 3. The number of aromatic nitrogens is 3. The van der Waals surface area contributed by atoms with Crippen LogP contribution in [0.3, 0.4) is 0 Å². The van der Waals surface area contributed by atoms with Crippen molar-refractivity contribution in [3.05, 3.63) is 59.7 Å². The van der Waals surface area contributed by atoms with Gasteiger partial charge in [0.05, 0.1) is 29.4 Å². The van der Waals surface area contributed by atoms with E-state index in [4.69, 9.17) is 4.74 Å². The van der Waals surface area contributed by atoms with Gasteiger partial charge in [0.15, 0.2) is 0 Å². The smallest absolute Gasteiger partial charge is 0.376 e. The van der Waals surface area contributed by atoms with E-state index in [1.54, 1.807) is 17.2 Å². The summed E-state index contributed by atoms with van der Waals surface area (Å²) in [6, 6.07) is 9.77. The van der Waals surface area contributed by atoms with Crippen molar-refractivity contribution >= 4 is 16.9 Å². The second-order valence-corrected chi connectivity index (χ2v) is 6.96. The van der Waals surface area contributed by atoms with Crippen molar-refractivity contribution in [2.75, 3.05) is 13.2 Å². The summed E-state index contributed by atoms with van der Waals surface area (Å²) < 4.78 is 44.3. The Bertz CT molecular complexity index is 998. The number of carbonyl (C=O) groups excluding carboxylic acids is 1. The topological polar surface area (TPSA) is 71.1 Å².